The van der Waals surface area contributed by atoms with Crippen LogP contribution in [0.3, 0.4) is 0 Å². The van der Waals surface area contributed by atoms with Gasteiger partial charge in [-0.25, -0.2) is 0 Å². The number of carbonyl (C=O) groups excluding carboxylic acids is 1. The Hall–Kier alpha value is -0.200. The summed E-state index contributed by atoms with van der Waals surface area (Å²) in [6, 6.07) is 0. The molecule has 72 valence electrons. The second-order valence-electron chi connectivity index (χ2n) is 2.26. The topological polar surface area (TPSA) is 98.0 Å². The maximum atomic E-state index is 10.6. The first-order valence-corrected chi connectivity index (χ1v) is 3.72. The van der Waals surface area contributed by atoms with Crippen LogP contribution in [0.5, 0.6) is 0 Å². The van der Waals surface area contributed by atoms with Crippen molar-refractivity contribution in [1.82, 2.24) is 0 Å². The van der Waals surface area contributed by atoms with E-state index in [9.17, 15) is 4.79 Å². The van der Waals surface area contributed by atoms with E-state index in [4.69, 9.17) is 32.0 Å². The van der Waals surface area contributed by atoms with E-state index in [1.807, 2.05) is 0 Å². The van der Waals surface area contributed by atoms with Gasteiger partial charge in [0.25, 0.3) is 0 Å². The Morgan fingerprint density at radius 2 is 1.83 bits per heavy atom. The number of halogens is 1. The van der Waals surface area contributed by atoms with Gasteiger partial charge in [-0.2, -0.15) is 0 Å². The second kappa shape index (κ2) is 5.45. The lowest BCUT2D eigenvalue weighted by molar-refractivity contribution is -0.131. The van der Waals surface area contributed by atoms with Crippen LogP contribution in [0.15, 0.2) is 0 Å². The minimum atomic E-state index is -1.65. The average molecular weight is 199 g/mol. The van der Waals surface area contributed by atoms with Crippen molar-refractivity contribution >= 4 is 17.4 Å². The smallest absolute Gasteiger partial charge is 0.188 e. The highest BCUT2D eigenvalue weighted by molar-refractivity contribution is 6.23. The fraction of sp³-hybridized carbons (Fsp3) is 0.833. The number of ketones is 1. The summed E-state index contributed by atoms with van der Waals surface area (Å²) in [5.41, 5.74) is 0. The zero-order valence-electron chi connectivity index (χ0n) is 6.22. The molecule has 0 amide bonds. The zero-order chi connectivity index (χ0) is 9.72. The summed E-state index contributed by atoms with van der Waals surface area (Å²) < 4.78 is 0. The number of aliphatic hydroxyl groups is 4. The number of carbonyl (C=O) groups is 1. The molecule has 0 aromatic rings. The van der Waals surface area contributed by atoms with E-state index in [1.165, 1.54) is 0 Å². The fourth-order valence-electron chi connectivity index (χ4n) is 0.582. The minimum Gasteiger partial charge on any atom is -0.394 e. The highest BCUT2D eigenvalue weighted by Gasteiger charge is 2.29. The van der Waals surface area contributed by atoms with Crippen LogP contribution in [0.25, 0.3) is 0 Å². The molecule has 6 heteroatoms. The molecule has 0 aliphatic rings. The van der Waals surface area contributed by atoms with E-state index >= 15 is 0 Å². The van der Waals surface area contributed by atoms with Gasteiger partial charge in [0.15, 0.2) is 5.78 Å². The fourth-order valence-corrected chi connectivity index (χ4v) is 0.802. The third-order valence-corrected chi connectivity index (χ3v) is 1.87. The van der Waals surface area contributed by atoms with Gasteiger partial charge in [0.05, 0.1) is 18.1 Å². The molecule has 0 fully saturated rings. The number of hydrogen-bond donors (Lipinski definition) is 4. The largest absolute Gasteiger partial charge is 0.394 e. The molecule has 0 spiro atoms. The molecule has 12 heavy (non-hydrogen) atoms. The van der Waals surface area contributed by atoms with Crippen molar-refractivity contribution in [3.05, 3.63) is 0 Å². The Labute approximate surface area is 74.2 Å². The second-order valence-corrected chi connectivity index (χ2v) is 2.77. The summed E-state index contributed by atoms with van der Waals surface area (Å²) in [5, 5.41) is 33.2. The first kappa shape index (κ1) is 11.8. The molecule has 0 rings (SSSR count). The van der Waals surface area contributed by atoms with E-state index in [0.29, 0.717) is 0 Å². The average Bonchev–Trinajstić information content (AvgIpc) is 2.12. The van der Waals surface area contributed by atoms with E-state index < -0.39 is 36.6 Å². The molecule has 0 aromatic carbocycles. The van der Waals surface area contributed by atoms with Crippen molar-refractivity contribution < 1.29 is 25.2 Å². The number of alkyl halides is 1. The highest BCUT2D eigenvalue weighted by Crippen LogP contribution is 2.08. The Bertz CT molecular complexity index is 151. The van der Waals surface area contributed by atoms with Crippen molar-refractivity contribution in [3.63, 3.8) is 0 Å². The molecule has 5 nitrogen and oxygen atoms in total. The van der Waals surface area contributed by atoms with Crippen LogP contribution in [0.1, 0.15) is 0 Å². The lowest BCUT2D eigenvalue weighted by Crippen LogP contribution is -2.41. The molecule has 0 aliphatic heterocycles. The van der Waals surface area contributed by atoms with Crippen molar-refractivity contribution in [2.24, 2.45) is 0 Å². The summed E-state index contributed by atoms with van der Waals surface area (Å²) >= 11 is 5.36. The van der Waals surface area contributed by atoms with E-state index in [1.54, 1.807) is 0 Å². The van der Waals surface area contributed by atoms with Crippen molar-refractivity contribution in [2.45, 2.75) is 17.6 Å². The van der Waals surface area contributed by atoms with Crippen LogP contribution in [0.4, 0.5) is 0 Å². The maximum absolute atomic E-state index is 10.6. The minimum absolute atomic E-state index is 0.649. The molecule has 0 heterocycles. The Morgan fingerprint density at radius 3 is 2.17 bits per heavy atom. The van der Waals surface area contributed by atoms with Crippen LogP contribution in [-0.4, -0.2) is 57.0 Å². The van der Waals surface area contributed by atoms with Crippen LogP contribution in [0, 0.1) is 0 Å². The molecule has 0 unspecified atom stereocenters. The maximum Gasteiger partial charge on any atom is 0.188 e. The predicted molar refractivity (Wildman–Crippen MR) is 40.8 cm³/mol. The molecular formula is C6H11ClO5. The number of rotatable bonds is 5. The van der Waals surface area contributed by atoms with Gasteiger partial charge in [0.1, 0.15) is 12.7 Å². The molecule has 0 aromatic heterocycles. The van der Waals surface area contributed by atoms with E-state index in [2.05, 4.69) is 0 Å². The Balaban J connectivity index is 4.08. The van der Waals surface area contributed by atoms with Gasteiger partial charge in [-0.3, -0.25) is 4.79 Å². The zero-order valence-corrected chi connectivity index (χ0v) is 6.98. The van der Waals surface area contributed by atoms with E-state index in [0.717, 1.165) is 0 Å². The highest BCUT2D eigenvalue weighted by atomic mass is 35.5. The molecule has 0 radical (unpaired) electrons. The Kier molecular flexibility index (Phi) is 5.36. The lowest BCUT2D eigenvalue weighted by Gasteiger charge is -2.18. The lowest BCUT2D eigenvalue weighted by atomic mass is 10.1. The molecule has 0 saturated heterocycles. The van der Waals surface area contributed by atoms with Crippen LogP contribution in [-0.2, 0) is 4.79 Å². The van der Waals surface area contributed by atoms with Gasteiger partial charge in [-0.05, 0) is 0 Å². The summed E-state index contributed by atoms with van der Waals surface area (Å²) in [6.07, 6.45) is -3.03. The SMILES string of the molecule is O=C(CO)[C@@H](O)[C@H](Cl)[C@H](O)CO. The van der Waals surface area contributed by atoms with Crippen molar-refractivity contribution in [2.75, 3.05) is 13.2 Å². The quantitative estimate of drug-likeness (QED) is 0.379. The first-order valence-electron chi connectivity index (χ1n) is 3.29. The molecule has 3 atom stereocenters. The van der Waals surface area contributed by atoms with Gasteiger partial charge >= 0.3 is 0 Å². The van der Waals surface area contributed by atoms with E-state index in [-0.39, 0.29) is 0 Å². The summed E-state index contributed by atoms with van der Waals surface area (Å²) in [7, 11) is 0. The van der Waals surface area contributed by atoms with Gasteiger partial charge < -0.3 is 20.4 Å². The number of aliphatic hydroxyl groups excluding tert-OH is 4. The van der Waals surface area contributed by atoms with Gasteiger partial charge in [0.2, 0.25) is 0 Å². The monoisotopic (exact) mass is 198 g/mol. The van der Waals surface area contributed by atoms with Gasteiger partial charge in [-0.15, -0.1) is 11.6 Å². The summed E-state index contributed by atoms with van der Waals surface area (Å²) in [4.78, 5) is 10.6. The van der Waals surface area contributed by atoms with Crippen molar-refractivity contribution in [3.8, 4) is 0 Å². The van der Waals surface area contributed by atoms with Gasteiger partial charge in [0, 0.05) is 0 Å². The normalized spacial score (nSPS) is 18.4. The van der Waals surface area contributed by atoms with Gasteiger partial charge in [-0.1, -0.05) is 0 Å². The summed E-state index contributed by atoms with van der Waals surface area (Å²) in [6.45, 7) is -1.49. The molecule has 0 aliphatic carbocycles. The molecule has 0 saturated carbocycles. The molecule has 0 bridgehead atoms. The van der Waals surface area contributed by atoms with Crippen LogP contribution in [0.2, 0.25) is 0 Å². The van der Waals surface area contributed by atoms with Crippen LogP contribution >= 0.6 is 11.6 Å². The first-order chi connectivity index (χ1) is 5.54. The number of Topliss-reactive ketones (excluding diaryl/α,β-unsaturated/α-hetero) is 1. The van der Waals surface area contributed by atoms with Crippen molar-refractivity contribution in [1.29, 1.82) is 0 Å². The predicted octanol–water partition coefficient (Wildman–Crippen LogP) is -2.13. The van der Waals surface area contributed by atoms with Crippen LogP contribution < -0.4 is 0 Å². The third kappa shape index (κ3) is 3.04. The third-order valence-electron chi connectivity index (χ3n) is 1.34. The molecular weight excluding hydrogens is 188 g/mol. The summed E-state index contributed by atoms with van der Waals surface area (Å²) in [5.74, 6) is -0.887. The Morgan fingerprint density at radius 1 is 1.33 bits per heavy atom. The standard InChI is InChI=1S/C6H11ClO5/c7-5(3(10)1-8)6(12)4(11)2-9/h3,5-6,8-10,12H,1-2H2/t3-,5-,6-/m1/s1. The number of hydrogen-bond acceptors (Lipinski definition) is 5. The molecule has 4 N–H and O–H groups in total.